The number of carboxylic acid groups (broad SMARTS) is 1. The lowest BCUT2D eigenvalue weighted by atomic mass is 10.1. The smallest absolute Gasteiger partial charge is 0.328 e. The summed E-state index contributed by atoms with van der Waals surface area (Å²) in [5.41, 5.74) is 0.724. The maximum Gasteiger partial charge on any atom is 0.328 e. The Morgan fingerprint density at radius 2 is 2.29 bits per heavy atom. The molecule has 0 saturated carbocycles. The predicted octanol–water partition coefficient (Wildman–Crippen LogP) is 0.838. The third-order valence-corrected chi connectivity index (χ3v) is 3.10. The van der Waals surface area contributed by atoms with Crippen molar-refractivity contribution in [2.75, 3.05) is 18.0 Å². The van der Waals surface area contributed by atoms with E-state index in [0.29, 0.717) is 0 Å². The SMILES string of the molecule is O=C1CN(c2cccc(Br)c2)C(C(=O)O)CN1. The summed E-state index contributed by atoms with van der Waals surface area (Å²) in [7, 11) is 0. The molecule has 1 aromatic rings. The predicted molar refractivity (Wildman–Crippen MR) is 65.9 cm³/mol. The summed E-state index contributed by atoms with van der Waals surface area (Å²) in [6, 6.07) is 6.53. The lowest BCUT2D eigenvalue weighted by Gasteiger charge is -2.34. The number of aliphatic carboxylic acids is 1. The molecule has 0 aliphatic carbocycles. The largest absolute Gasteiger partial charge is 0.480 e. The molecule has 2 rings (SSSR count). The molecule has 5 nitrogen and oxygen atoms in total. The lowest BCUT2D eigenvalue weighted by Crippen LogP contribution is -2.57. The molecule has 1 aromatic carbocycles. The van der Waals surface area contributed by atoms with Crippen molar-refractivity contribution in [2.45, 2.75) is 6.04 Å². The summed E-state index contributed by atoms with van der Waals surface area (Å²) >= 11 is 3.33. The first-order valence-corrected chi connectivity index (χ1v) is 5.89. The average Bonchev–Trinajstić information content (AvgIpc) is 2.28. The van der Waals surface area contributed by atoms with Crippen LogP contribution in [0.2, 0.25) is 0 Å². The third-order valence-electron chi connectivity index (χ3n) is 2.61. The highest BCUT2D eigenvalue weighted by Crippen LogP contribution is 2.22. The van der Waals surface area contributed by atoms with E-state index >= 15 is 0 Å². The van der Waals surface area contributed by atoms with Crippen LogP contribution in [-0.2, 0) is 9.59 Å². The van der Waals surface area contributed by atoms with Crippen molar-refractivity contribution in [1.29, 1.82) is 0 Å². The van der Waals surface area contributed by atoms with Gasteiger partial charge in [-0.3, -0.25) is 4.79 Å². The zero-order valence-corrected chi connectivity index (χ0v) is 10.5. The summed E-state index contributed by atoms with van der Waals surface area (Å²) in [5, 5.41) is 11.7. The van der Waals surface area contributed by atoms with Crippen LogP contribution in [0, 0.1) is 0 Å². The standard InChI is InChI=1S/C11H11BrN2O3/c12-7-2-1-3-8(4-7)14-6-10(15)13-5-9(14)11(16)17/h1-4,9H,5-6H2,(H,13,15)(H,16,17). The molecule has 1 unspecified atom stereocenters. The summed E-state index contributed by atoms with van der Waals surface area (Å²) in [4.78, 5) is 24.1. The van der Waals surface area contributed by atoms with Crippen molar-refractivity contribution in [3.8, 4) is 0 Å². The van der Waals surface area contributed by atoms with Gasteiger partial charge in [0, 0.05) is 16.7 Å². The molecule has 1 fully saturated rings. The van der Waals surface area contributed by atoms with Crippen LogP contribution in [0.4, 0.5) is 5.69 Å². The Labute approximate surface area is 107 Å². The Hall–Kier alpha value is -1.56. The van der Waals surface area contributed by atoms with Gasteiger partial charge in [-0.2, -0.15) is 0 Å². The molecule has 6 heteroatoms. The number of nitrogens with one attached hydrogen (secondary N) is 1. The van der Waals surface area contributed by atoms with Crippen LogP contribution >= 0.6 is 15.9 Å². The van der Waals surface area contributed by atoms with Crippen LogP contribution in [0.5, 0.6) is 0 Å². The van der Waals surface area contributed by atoms with E-state index in [1.54, 1.807) is 17.0 Å². The van der Waals surface area contributed by atoms with Gasteiger partial charge in [0.1, 0.15) is 6.04 Å². The molecule has 0 radical (unpaired) electrons. The van der Waals surface area contributed by atoms with Gasteiger partial charge >= 0.3 is 5.97 Å². The number of rotatable bonds is 2. The molecule has 1 amide bonds. The van der Waals surface area contributed by atoms with E-state index in [0.717, 1.165) is 10.2 Å². The molecule has 17 heavy (non-hydrogen) atoms. The Kier molecular flexibility index (Phi) is 3.33. The number of anilines is 1. The minimum atomic E-state index is -0.940. The Morgan fingerprint density at radius 3 is 2.94 bits per heavy atom. The Balaban J connectivity index is 2.32. The number of halogens is 1. The average molecular weight is 299 g/mol. The van der Waals surface area contributed by atoms with Crippen LogP contribution in [0.1, 0.15) is 0 Å². The normalized spacial score (nSPS) is 19.9. The maximum atomic E-state index is 11.3. The van der Waals surface area contributed by atoms with Crippen LogP contribution in [0.3, 0.4) is 0 Å². The zero-order valence-electron chi connectivity index (χ0n) is 8.89. The van der Waals surface area contributed by atoms with Crippen LogP contribution in [-0.4, -0.2) is 36.1 Å². The van der Waals surface area contributed by atoms with Gasteiger partial charge in [-0.25, -0.2) is 4.79 Å². The summed E-state index contributed by atoms with van der Waals surface area (Å²) in [6.45, 7) is 0.189. The van der Waals surface area contributed by atoms with Crippen molar-refractivity contribution in [2.24, 2.45) is 0 Å². The Morgan fingerprint density at radius 1 is 1.53 bits per heavy atom. The summed E-state index contributed by atoms with van der Waals surface area (Å²) < 4.78 is 0.852. The highest BCUT2D eigenvalue weighted by Gasteiger charge is 2.31. The molecule has 0 aromatic heterocycles. The van der Waals surface area contributed by atoms with Crippen molar-refractivity contribution in [3.63, 3.8) is 0 Å². The number of carbonyl (C=O) groups excluding carboxylic acids is 1. The number of carboxylic acids is 1. The van der Waals surface area contributed by atoms with Gasteiger partial charge in [-0.1, -0.05) is 22.0 Å². The second kappa shape index (κ2) is 4.75. The number of carbonyl (C=O) groups is 2. The van der Waals surface area contributed by atoms with Gasteiger partial charge in [0.2, 0.25) is 5.91 Å². The molecule has 1 aliphatic rings. The number of piperazine rings is 1. The van der Waals surface area contributed by atoms with E-state index in [2.05, 4.69) is 21.2 Å². The van der Waals surface area contributed by atoms with Crippen molar-refractivity contribution in [3.05, 3.63) is 28.7 Å². The minimum absolute atomic E-state index is 0.0629. The number of amides is 1. The van der Waals surface area contributed by atoms with Crippen LogP contribution in [0.15, 0.2) is 28.7 Å². The zero-order chi connectivity index (χ0) is 12.4. The van der Waals surface area contributed by atoms with Crippen molar-refractivity contribution in [1.82, 2.24) is 5.32 Å². The van der Waals surface area contributed by atoms with Gasteiger partial charge in [-0.15, -0.1) is 0 Å². The molecular weight excluding hydrogens is 288 g/mol. The van der Waals surface area contributed by atoms with E-state index in [4.69, 9.17) is 5.11 Å². The van der Waals surface area contributed by atoms with E-state index in [1.165, 1.54) is 0 Å². The van der Waals surface area contributed by atoms with Gasteiger partial charge in [-0.05, 0) is 18.2 Å². The molecule has 2 N–H and O–H groups in total. The topological polar surface area (TPSA) is 69.6 Å². The first-order valence-electron chi connectivity index (χ1n) is 5.09. The monoisotopic (exact) mass is 298 g/mol. The summed E-state index contributed by atoms with van der Waals surface area (Å²) in [6.07, 6.45) is 0. The number of nitrogens with zero attached hydrogens (tertiary/aromatic N) is 1. The van der Waals surface area contributed by atoms with Crippen molar-refractivity contribution >= 4 is 33.5 Å². The molecule has 1 aliphatic heterocycles. The highest BCUT2D eigenvalue weighted by molar-refractivity contribution is 9.10. The number of benzene rings is 1. The first kappa shape index (κ1) is 11.9. The second-order valence-electron chi connectivity index (χ2n) is 3.77. The third kappa shape index (κ3) is 2.58. The second-order valence-corrected chi connectivity index (χ2v) is 4.68. The fourth-order valence-electron chi connectivity index (χ4n) is 1.79. The van der Waals surface area contributed by atoms with E-state index in [1.807, 2.05) is 12.1 Å². The molecule has 90 valence electrons. The summed E-state index contributed by atoms with van der Waals surface area (Å²) in [5.74, 6) is -1.10. The van der Waals surface area contributed by atoms with E-state index < -0.39 is 12.0 Å². The van der Waals surface area contributed by atoms with E-state index in [9.17, 15) is 9.59 Å². The van der Waals surface area contributed by atoms with E-state index in [-0.39, 0.29) is 19.0 Å². The lowest BCUT2D eigenvalue weighted by molar-refractivity contribution is -0.139. The van der Waals surface area contributed by atoms with Gasteiger partial charge < -0.3 is 15.3 Å². The number of hydrogen-bond donors (Lipinski definition) is 2. The van der Waals surface area contributed by atoms with Crippen LogP contribution in [0.25, 0.3) is 0 Å². The molecule has 0 bridgehead atoms. The maximum absolute atomic E-state index is 11.3. The Bertz CT molecular complexity index is 464. The highest BCUT2D eigenvalue weighted by atomic mass is 79.9. The van der Waals surface area contributed by atoms with Gasteiger partial charge in [0.25, 0.3) is 0 Å². The van der Waals surface area contributed by atoms with Crippen LogP contribution < -0.4 is 10.2 Å². The minimum Gasteiger partial charge on any atom is -0.480 e. The van der Waals surface area contributed by atoms with Gasteiger partial charge in [0.05, 0.1) is 6.54 Å². The van der Waals surface area contributed by atoms with Gasteiger partial charge in [0.15, 0.2) is 0 Å². The molecule has 0 spiro atoms. The fourth-order valence-corrected chi connectivity index (χ4v) is 2.18. The number of hydrogen-bond acceptors (Lipinski definition) is 3. The quantitative estimate of drug-likeness (QED) is 0.849. The molecule has 1 atom stereocenters. The molecule has 1 saturated heterocycles. The first-order chi connectivity index (χ1) is 8.08. The fraction of sp³-hybridized carbons (Fsp3) is 0.273. The molecular formula is C11H11BrN2O3. The van der Waals surface area contributed by atoms with Crippen molar-refractivity contribution < 1.29 is 14.7 Å². The molecule has 1 heterocycles.